The van der Waals surface area contributed by atoms with Crippen molar-refractivity contribution in [3.8, 4) is 0 Å². The lowest BCUT2D eigenvalue weighted by Gasteiger charge is -2.24. The average molecular weight is 197 g/mol. The maximum atomic E-state index is 12.1. The number of Topliss-reactive ketones (excluding diaryl/α,β-unsaturated/α-hetero) is 1. The molecule has 2 rings (SSSR count). The Morgan fingerprint density at radius 3 is 2.57 bits per heavy atom. The molecule has 2 aliphatic rings. The summed E-state index contributed by atoms with van der Waals surface area (Å²) in [5.41, 5.74) is 0. The van der Waals surface area contributed by atoms with Gasteiger partial charge in [-0.2, -0.15) is 0 Å². The molecular formula is C11H19NO2. The van der Waals surface area contributed by atoms with Gasteiger partial charge in [0.05, 0.1) is 0 Å². The van der Waals surface area contributed by atoms with Crippen LogP contribution in [-0.4, -0.2) is 32.1 Å². The molecule has 80 valence electrons. The number of ketones is 1. The molecule has 0 radical (unpaired) electrons. The number of carbonyl (C=O) groups is 1. The first kappa shape index (κ1) is 10.1. The summed E-state index contributed by atoms with van der Waals surface area (Å²) in [6.45, 7) is 5.59. The number of ether oxygens (including phenoxy) is 1. The Labute approximate surface area is 85.2 Å². The third-order valence-corrected chi connectivity index (χ3v) is 3.51. The Bertz CT molecular complexity index is 211. The monoisotopic (exact) mass is 197 g/mol. The first-order valence-electron chi connectivity index (χ1n) is 5.61. The van der Waals surface area contributed by atoms with Crippen molar-refractivity contribution in [2.24, 2.45) is 17.8 Å². The second-order valence-electron chi connectivity index (χ2n) is 4.53. The van der Waals surface area contributed by atoms with Gasteiger partial charge in [-0.25, -0.2) is 0 Å². The van der Waals surface area contributed by atoms with Gasteiger partial charge in [0.15, 0.2) is 0 Å². The van der Waals surface area contributed by atoms with E-state index in [1.807, 2.05) is 0 Å². The summed E-state index contributed by atoms with van der Waals surface area (Å²) >= 11 is 0. The van der Waals surface area contributed by atoms with Crippen LogP contribution < -0.4 is 5.32 Å². The van der Waals surface area contributed by atoms with Crippen LogP contribution >= 0.6 is 0 Å². The molecular weight excluding hydrogens is 178 g/mol. The molecule has 2 fully saturated rings. The minimum Gasteiger partial charge on any atom is -0.381 e. The maximum absolute atomic E-state index is 12.1. The fourth-order valence-corrected chi connectivity index (χ4v) is 2.48. The van der Waals surface area contributed by atoms with Crippen LogP contribution in [0.1, 0.15) is 19.8 Å². The van der Waals surface area contributed by atoms with Crippen molar-refractivity contribution in [3.63, 3.8) is 0 Å². The van der Waals surface area contributed by atoms with Crippen molar-refractivity contribution < 1.29 is 9.53 Å². The van der Waals surface area contributed by atoms with E-state index >= 15 is 0 Å². The molecule has 0 spiro atoms. The number of hydrogen-bond donors (Lipinski definition) is 1. The van der Waals surface area contributed by atoms with E-state index in [2.05, 4.69) is 12.2 Å². The summed E-state index contributed by atoms with van der Waals surface area (Å²) in [6.07, 6.45) is 1.87. The number of rotatable bonds is 2. The lowest BCUT2D eigenvalue weighted by molar-refractivity contribution is -0.130. The quantitative estimate of drug-likeness (QED) is 0.713. The summed E-state index contributed by atoms with van der Waals surface area (Å²) in [6, 6.07) is 0. The van der Waals surface area contributed by atoms with E-state index in [1.165, 1.54) is 0 Å². The van der Waals surface area contributed by atoms with Crippen LogP contribution in [0.5, 0.6) is 0 Å². The smallest absolute Gasteiger partial charge is 0.140 e. The molecule has 2 heterocycles. The third kappa shape index (κ3) is 1.98. The first-order chi connectivity index (χ1) is 6.79. The predicted molar refractivity (Wildman–Crippen MR) is 54.1 cm³/mol. The fraction of sp³-hybridized carbons (Fsp3) is 0.909. The zero-order valence-electron chi connectivity index (χ0n) is 8.79. The van der Waals surface area contributed by atoms with E-state index in [0.717, 1.165) is 39.1 Å². The van der Waals surface area contributed by atoms with Gasteiger partial charge in [0, 0.05) is 31.6 Å². The van der Waals surface area contributed by atoms with Gasteiger partial charge in [-0.15, -0.1) is 0 Å². The van der Waals surface area contributed by atoms with Crippen molar-refractivity contribution in [2.45, 2.75) is 19.8 Å². The van der Waals surface area contributed by atoms with Crippen LogP contribution in [0.15, 0.2) is 0 Å². The zero-order chi connectivity index (χ0) is 9.97. The summed E-state index contributed by atoms with van der Waals surface area (Å²) in [4.78, 5) is 12.1. The number of nitrogens with one attached hydrogen (secondary N) is 1. The van der Waals surface area contributed by atoms with Crippen LogP contribution in [0, 0.1) is 17.8 Å². The summed E-state index contributed by atoms with van der Waals surface area (Å²) in [5.74, 6) is 1.53. The van der Waals surface area contributed by atoms with Gasteiger partial charge < -0.3 is 10.1 Å². The van der Waals surface area contributed by atoms with Crippen LogP contribution in [0.2, 0.25) is 0 Å². The Balaban J connectivity index is 1.92. The normalized spacial score (nSPS) is 34.6. The second kappa shape index (κ2) is 4.41. The minimum absolute atomic E-state index is 0.262. The van der Waals surface area contributed by atoms with Gasteiger partial charge in [-0.05, 0) is 25.3 Å². The van der Waals surface area contributed by atoms with Gasteiger partial charge in [0.1, 0.15) is 5.78 Å². The largest absolute Gasteiger partial charge is 0.381 e. The lowest BCUT2D eigenvalue weighted by atomic mass is 9.83. The van der Waals surface area contributed by atoms with Crippen molar-refractivity contribution in [1.29, 1.82) is 0 Å². The molecule has 0 aliphatic carbocycles. The van der Waals surface area contributed by atoms with Crippen LogP contribution in [0.4, 0.5) is 0 Å². The topological polar surface area (TPSA) is 38.3 Å². The van der Waals surface area contributed by atoms with Crippen molar-refractivity contribution in [3.05, 3.63) is 0 Å². The molecule has 0 aromatic carbocycles. The lowest BCUT2D eigenvalue weighted by Crippen LogP contribution is -2.32. The summed E-state index contributed by atoms with van der Waals surface area (Å²) in [7, 11) is 0. The molecule has 2 unspecified atom stereocenters. The highest BCUT2D eigenvalue weighted by atomic mass is 16.5. The molecule has 2 aliphatic heterocycles. The summed E-state index contributed by atoms with van der Waals surface area (Å²) < 4.78 is 5.27. The maximum Gasteiger partial charge on any atom is 0.140 e. The second-order valence-corrected chi connectivity index (χ2v) is 4.53. The third-order valence-electron chi connectivity index (χ3n) is 3.51. The molecule has 14 heavy (non-hydrogen) atoms. The minimum atomic E-state index is 0.262. The molecule has 0 amide bonds. The molecule has 0 bridgehead atoms. The molecule has 2 atom stereocenters. The van der Waals surface area contributed by atoms with Crippen molar-refractivity contribution in [1.82, 2.24) is 5.32 Å². The molecule has 3 nitrogen and oxygen atoms in total. The summed E-state index contributed by atoms with van der Waals surface area (Å²) in [5, 5.41) is 3.29. The highest BCUT2D eigenvalue weighted by Crippen LogP contribution is 2.25. The first-order valence-corrected chi connectivity index (χ1v) is 5.61. The highest BCUT2D eigenvalue weighted by molar-refractivity contribution is 5.84. The van der Waals surface area contributed by atoms with E-state index in [0.29, 0.717) is 11.7 Å². The van der Waals surface area contributed by atoms with Crippen LogP contribution in [0.25, 0.3) is 0 Å². The highest BCUT2D eigenvalue weighted by Gasteiger charge is 2.34. The SMILES string of the molecule is CC1CNCC1C(=O)C1CCOCC1. The van der Waals surface area contributed by atoms with Crippen LogP contribution in [-0.2, 0) is 9.53 Å². The van der Waals surface area contributed by atoms with E-state index < -0.39 is 0 Å². The van der Waals surface area contributed by atoms with Crippen LogP contribution in [0.3, 0.4) is 0 Å². The predicted octanol–water partition coefficient (Wildman–Crippen LogP) is 0.838. The Kier molecular flexibility index (Phi) is 3.19. The number of hydrogen-bond acceptors (Lipinski definition) is 3. The fourth-order valence-electron chi connectivity index (χ4n) is 2.48. The van der Waals surface area contributed by atoms with Crippen molar-refractivity contribution in [2.75, 3.05) is 26.3 Å². The Morgan fingerprint density at radius 2 is 2.00 bits per heavy atom. The molecule has 0 saturated carbocycles. The Morgan fingerprint density at radius 1 is 1.29 bits per heavy atom. The molecule has 3 heteroatoms. The van der Waals surface area contributed by atoms with Gasteiger partial charge in [0.25, 0.3) is 0 Å². The van der Waals surface area contributed by atoms with E-state index in [-0.39, 0.29) is 11.8 Å². The molecule has 0 aromatic rings. The van der Waals surface area contributed by atoms with Gasteiger partial charge in [0.2, 0.25) is 0 Å². The van der Waals surface area contributed by atoms with E-state index in [4.69, 9.17) is 4.74 Å². The molecule has 2 saturated heterocycles. The Hall–Kier alpha value is -0.410. The zero-order valence-corrected chi connectivity index (χ0v) is 8.79. The van der Waals surface area contributed by atoms with E-state index in [9.17, 15) is 4.79 Å². The standard InChI is InChI=1S/C11H19NO2/c1-8-6-12-7-10(8)11(13)9-2-4-14-5-3-9/h8-10,12H,2-7H2,1H3. The van der Waals surface area contributed by atoms with E-state index in [1.54, 1.807) is 0 Å². The average Bonchev–Trinajstić information content (AvgIpc) is 2.65. The number of carbonyl (C=O) groups excluding carboxylic acids is 1. The molecule has 1 N–H and O–H groups in total. The van der Waals surface area contributed by atoms with Crippen molar-refractivity contribution >= 4 is 5.78 Å². The van der Waals surface area contributed by atoms with Gasteiger partial charge in [-0.1, -0.05) is 6.92 Å². The molecule has 0 aromatic heterocycles. The van der Waals surface area contributed by atoms with Gasteiger partial charge in [-0.3, -0.25) is 4.79 Å². The van der Waals surface area contributed by atoms with Gasteiger partial charge >= 0.3 is 0 Å².